The van der Waals surface area contributed by atoms with Gasteiger partial charge in [0.15, 0.2) is 0 Å². The van der Waals surface area contributed by atoms with Gasteiger partial charge in [-0.3, -0.25) is 0 Å². The van der Waals surface area contributed by atoms with Gasteiger partial charge in [0.1, 0.15) is 0 Å². The lowest BCUT2D eigenvalue weighted by Gasteiger charge is -2.31. The summed E-state index contributed by atoms with van der Waals surface area (Å²) < 4.78 is 0. The first-order valence-electron chi connectivity index (χ1n) is 5.72. The van der Waals surface area contributed by atoms with Crippen LogP contribution in [0.25, 0.3) is 0 Å². The van der Waals surface area contributed by atoms with Crippen LogP contribution in [0.2, 0.25) is 0 Å². The van der Waals surface area contributed by atoms with Gasteiger partial charge in [0.25, 0.3) is 0 Å². The van der Waals surface area contributed by atoms with E-state index in [4.69, 9.17) is 0 Å². The quantitative estimate of drug-likeness (QED) is 0.640. The fourth-order valence-electron chi connectivity index (χ4n) is 2.28. The number of hydrogen-bond acceptors (Lipinski definition) is 1. The van der Waals surface area contributed by atoms with Crippen LogP contribution in [0, 0.1) is 11.3 Å². The fraction of sp³-hybridized carbons (Fsp3) is 1.00. The third-order valence-electron chi connectivity index (χ3n) is 3.00. The number of hydrogen-bond donors (Lipinski definition) is 1. The summed E-state index contributed by atoms with van der Waals surface area (Å²) in [6, 6.07) is 0. The summed E-state index contributed by atoms with van der Waals surface area (Å²) in [5, 5.41) is 3.32. The SMILES string of the molecule is CCCC(C)(CNC)CC(C)CC. The van der Waals surface area contributed by atoms with Crippen molar-refractivity contribution < 1.29 is 0 Å². The van der Waals surface area contributed by atoms with Crippen LogP contribution in [-0.2, 0) is 0 Å². The summed E-state index contributed by atoms with van der Waals surface area (Å²) in [6.45, 7) is 10.5. The van der Waals surface area contributed by atoms with Gasteiger partial charge in [-0.05, 0) is 31.2 Å². The van der Waals surface area contributed by atoms with Crippen LogP contribution >= 0.6 is 0 Å². The van der Waals surface area contributed by atoms with Gasteiger partial charge < -0.3 is 5.32 Å². The van der Waals surface area contributed by atoms with Crippen LogP contribution in [0.5, 0.6) is 0 Å². The molecule has 0 heterocycles. The van der Waals surface area contributed by atoms with E-state index >= 15 is 0 Å². The second-order valence-corrected chi connectivity index (χ2v) is 4.81. The van der Waals surface area contributed by atoms with Crippen molar-refractivity contribution in [3.63, 3.8) is 0 Å². The van der Waals surface area contributed by atoms with Gasteiger partial charge in [0.05, 0.1) is 0 Å². The van der Waals surface area contributed by atoms with Crippen molar-refractivity contribution in [3.8, 4) is 0 Å². The molecule has 0 aliphatic carbocycles. The van der Waals surface area contributed by atoms with Gasteiger partial charge in [-0.25, -0.2) is 0 Å². The predicted molar refractivity (Wildman–Crippen MR) is 61.0 cm³/mol. The van der Waals surface area contributed by atoms with E-state index in [1.807, 2.05) is 0 Å². The Kier molecular flexibility index (Phi) is 6.40. The molecule has 0 fully saturated rings. The molecule has 0 amide bonds. The first-order chi connectivity index (χ1) is 6.08. The monoisotopic (exact) mass is 185 g/mol. The second kappa shape index (κ2) is 6.42. The van der Waals surface area contributed by atoms with Crippen molar-refractivity contribution in [2.24, 2.45) is 11.3 Å². The Bertz CT molecular complexity index is 114. The average Bonchev–Trinajstić information content (AvgIpc) is 2.04. The Hall–Kier alpha value is -0.0400. The smallest absolute Gasteiger partial charge is 0.000225 e. The lowest BCUT2D eigenvalue weighted by Crippen LogP contribution is -2.31. The van der Waals surface area contributed by atoms with Gasteiger partial charge >= 0.3 is 0 Å². The molecule has 0 aromatic carbocycles. The Morgan fingerprint density at radius 2 is 1.92 bits per heavy atom. The number of rotatable bonds is 7. The molecule has 2 atom stereocenters. The minimum atomic E-state index is 0.513. The maximum Gasteiger partial charge on any atom is 0.000225 e. The highest BCUT2D eigenvalue weighted by Crippen LogP contribution is 2.31. The Balaban J connectivity index is 4.05. The fourth-order valence-corrected chi connectivity index (χ4v) is 2.28. The summed E-state index contributed by atoms with van der Waals surface area (Å²) >= 11 is 0. The van der Waals surface area contributed by atoms with Crippen LogP contribution < -0.4 is 5.32 Å². The van der Waals surface area contributed by atoms with E-state index in [9.17, 15) is 0 Å². The molecule has 0 rings (SSSR count). The molecule has 0 saturated carbocycles. The molecule has 0 aliphatic heterocycles. The largest absolute Gasteiger partial charge is 0.319 e. The molecule has 0 aromatic heterocycles. The van der Waals surface area contributed by atoms with E-state index < -0.39 is 0 Å². The molecule has 0 bridgehead atoms. The molecule has 0 aliphatic rings. The first kappa shape index (κ1) is 13.0. The van der Waals surface area contributed by atoms with E-state index in [1.165, 1.54) is 25.7 Å². The van der Waals surface area contributed by atoms with Crippen molar-refractivity contribution in [2.75, 3.05) is 13.6 Å². The molecule has 0 saturated heterocycles. The Morgan fingerprint density at radius 1 is 1.31 bits per heavy atom. The molecule has 1 nitrogen and oxygen atoms in total. The van der Waals surface area contributed by atoms with Crippen LogP contribution in [0.4, 0.5) is 0 Å². The zero-order valence-electron chi connectivity index (χ0n) is 10.1. The Morgan fingerprint density at radius 3 is 2.31 bits per heavy atom. The highest BCUT2D eigenvalue weighted by molar-refractivity contribution is 4.77. The molecule has 0 aromatic rings. The molecule has 1 heteroatoms. The summed E-state index contributed by atoms with van der Waals surface area (Å²) in [5.41, 5.74) is 0.513. The van der Waals surface area contributed by atoms with Crippen molar-refractivity contribution in [2.45, 2.75) is 53.4 Å². The van der Waals surface area contributed by atoms with E-state index in [2.05, 4.69) is 40.1 Å². The second-order valence-electron chi connectivity index (χ2n) is 4.81. The minimum absolute atomic E-state index is 0.513. The van der Waals surface area contributed by atoms with E-state index in [0.717, 1.165) is 12.5 Å². The zero-order chi connectivity index (χ0) is 10.3. The van der Waals surface area contributed by atoms with Crippen molar-refractivity contribution in [3.05, 3.63) is 0 Å². The first-order valence-corrected chi connectivity index (χ1v) is 5.72. The van der Waals surface area contributed by atoms with Crippen molar-refractivity contribution in [1.82, 2.24) is 5.32 Å². The van der Waals surface area contributed by atoms with Crippen LogP contribution in [-0.4, -0.2) is 13.6 Å². The standard InChI is InChI=1S/C12H27N/c1-6-8-12(4,10-13-5)9-11(3)7-2/h11,13H,6-10H2,1-5H3. The average molecular weight is 185 g/mol. The summed E-state index contributed by atoms with van der Waals surface area (Å²) in [4.78, 5) is 0. The predicted octanol–water partition coefficient (Wildman–Crippen LogP) is 3.45. The topological polar surface area (TPSA) is 12.0 Å². The van der Waals surface area contributed by atoms with Gasteiger partial charge in [-0.1, -0.05) is 40.5 Å². The maximum atomic E-state index is 3.32. The van der Waals surface area contributed by atoms with Crippen LogP contribution in [0.3, 0.4) is 0 Å². The van der Waals surface area contributed by atoms with Crippen molar-refractivity contribution >= 4 is 0 Å². The molecular formula is C12H27N. The van der Waals surface area contributed by atoms with E-state index in [0.29, 0.717) is 5.41 Å². The molecule has 0 radical (unpaired) electrons. The third-order valence-corrected chi connectivity index (χ3v) is 3.00. The molecule has 1 N–H and O–H groups in total. The molecule has 80 valence electrons. The lowest BCUT2D eigenvalue weighted by atomic mass is 9.77. The highest BCUT2D eigenvalue weighted by atomic mass is 14.8. The normalized spacial score (nSPS) is 18.2. The van der Waals surface area contributed by atoms with Crippen LogP contribution in [0.1, 0.15) is 53.4 Å². The summed E-state index contributed by atoms with van der Waals surface area (Å²) in [5.74, 6) is 0.866. The zero-order valence-corrected chi connectivity index (χ0v) is 10.1. The highest BCUT2D eigenvalue weighted by Gasteiger charge is 2.24. The van der Waals surface area contributed by atoms with Gasteiger partial charge in [-0.2, -0.15) is 0 Å². The Labute approximate surface area is 84.3 Å². The summed E-state index contributed by atoms with van der Waals surface area (Å²) in [6.07, 6.45) is 5.31. The van der Waals surface area contributed by atoms with E-state index in [1.54, 1.807) is 0 Å². The van der Waals surface area contributed by atoms with Gasteiger partial charge in [0, 0.05) is 6.54 Å². The maximum absolute atomic E-state index is 3.32. The van der Waals surface area contributed by atoms with Crippen molar-refractivity contribution in [1.29, 1.82) is 0 Å². The minimum Gasteiger partial charge on any atom is -0.319 e. The molecule has 0 spiro atoms. The number of nitrogens with one attached hydrogen (secondary N) is 1. The molecule has 13 heavy (non-hydrogen) atoms. The molecule has 2 unspecified atom stereocenters. The molecular weight excluding hydrogens is 158 g/mol. The lowest BCUT2D eigenvalue weighted by molar-refractivity contribution is 0.219. The third kappa shape index (κ3) is 5.30. The van der Waals surface area contributed by atoms with E-state index in [-0.39, 0.29) is 0 Å². The van der Waals surface area contributed by atoms with Crippen LogP contribution in [0.15, 0.2) is 0 Å². The van der Waals surface area contributed by atoms with Gasteiger partial charge in [0.2, 0.25) is 0 Å². The van der Waals surface area contributed by atoms with Gasteiger partial charge in [-0.15, -0.1) is 0 Å². The summed E-state index contributed by atoms with van der Waals surface area (Å²) in [7, 11) is 2.06.